The van der Waals surface area contributed by atoms with Crippen molar-refractivity contribution < 1.29 is 4.74 Å². The molecular formula is C16H15N3O. The van der Waals surface area contributed by atoms with Crippen LogP contribution in [-0.4, -0.2) is 9.97 Å². The summed E-state index contributed by atoms with van der Waals surface area (Å²) in [4.78, 5) is 8.58. The number of pyridine rings is 2. The zero-order valence-corrected chi connectivity index (χ0v) is 11.2. The molecule has 100 valence electrons. The maximum absolute atomic E-state index is 5.83. The van der Waals surface area contributed by atoms with Crippen LogP contribution in [-0.2, 0) is 0 Å². The van der Waals surface area contributed by atoms with Crippen LogP contribution in [0.3, 0.4) is 0 Å². The molecule has 20 heavy (non-hydrogen) atoms. The average molecular weight is 265 g/mol. The number of fused-ring (bicyclic) bond motifs is 1. The number of hydrogen-bond donors (Lipinski definition) is 1. The Labute approximate surface area is 117 Å². The first kappa shape index (κ1) is 12.6. The number of aromatic nitrogens is 2. The third-order valence-corrected chi connectivity index (χ3v) is 3.11. The Morgan fingerprint density at radius 1 is 1.05 bits per heavy atom. The van der Waals surface area contributed by atoms with Crippen molar-refractivity contribution in [2.75, 3.05) is 0 Å². The Hall–Kier alpha value is -2.46. The van der Waals surface area contributed by atoms with Gasteiger partial charge in [-0.15, -0.1) is 0 Å². The van der Waals surface area contributed by atoms with Crippen LogP contribution in [0.2, 0.25) is 0 Å². The number of hydrogen-bond acceptors (Lipinski definition) is 4. The first-order valence-electron chi connectivity index (χ1n) is 6.47. The average Bonchev–Trinajstić information content (AvgIpc) is 2.48. The topological polar surface area (TPSA) is 61.0 Å². The normalized spacial score (nSPS) is 12.3. The molecule has 2 aromatic heterocycles. The third kappa shape index (κ3) is 2.46. The molecule has 2 N–H and O–H groups in total. The van der Waals surface area contributed by atoms with Gasteiger partial charge in [0.25, 0.3) is 0 Å². The van der Waals surface area contributed by atoms with E-state index in [1.807, 2.05) is 49.4 Å². The number of rotatable bonds is 3. The SMILES string of the molecule is C[C@@H](N)c1ccc(Oc2cccc3ncccc23)nc1. The van der Waals surface area contributed by atoms with Crippen molar-refractivity contribution in [3.63, 3.8) is 0 Å². The van der Waals surface area contributed by atoms with E-state index in [0.29, 0.717) is 5.88 Å². The number of benzene rings is 1. The summed E-state index contributed by atoms with van der Waals surface area (Å²) >= 11 is 0. The molecule has 1 aromatic carbocycles. The molecule has 0 saturated carbocycles. The van der Waals surface area contributed by atoms with E-state index in [9.17, 15) is 0 Å². The molecule has 3 aromatic rings. The smallest absolute Gasteiger partial charge is 0.219 e. The van der Waals surface area contributed by atoms with Gasteiger partial charge >= 0.3 is 0 Å². The molecule has 0 fully saturated rings. The molecular weight excluding hydrogens is 250 g/mol. The van der Waals surface area contributed by atoms with E-state index < -0.39 is 0 Å². The van der Waals surface area contributed by atoms with Gasteiger partial charge in [-0.05, 0) is 36.8 Å². The van der Waals surface area contributed by atoms with E-state index in [-0.39, 0.29) is 6.04 Å². The highest BCUT2D eigenvalue weighted by Gasteiger charge is 2.05. The predicted octanol–water partition coefficient (Wildman–Crippen LogP) is 3.44. The van der Waals surface area contributed by atoms with Crippen molar-refractivity contribution in [2.24, 2.45) is 5.73 Å². The largest absolute Gasteiger partial charge is 0.438 e. The van der Waals surface area contributed by atoms with Crippen LogP contribution in [0.1, 0.15) is 18.5 Å². The molecule has 0 saturated heterocycles. The molecule has 0 aliphatic rings. The minimum absolute atomic E-state index is 0.0293. The lowest BCUT2D eigenvalue weighted by atomic mass is 10.2. The highest BCUT2D eigenvalue weighted by atomic mass is 16.5. The van der Waals surface area contributed by atoms with E-state index in [4.69, 9.17) is 10.5 Å². The summed E-state index contributed by atoms with van der Waals surface area (Å²) in [5, 5.41) is 0.966. The van der Waals surface area contributed by atoms with Crippen molar-refractivity contribution in [2.45, 2.75) is 13.0 Å². The predicted molar refractivity (Wildman–Crippen MR) is 78.7 cm³/mol. The molecule has 0 unspecified atom stereocenters. The van der Waals surface area contributed by atoms with Crippen LogP contribution in [0.4, 0.5) is 0 Å². The molecule has 0 amide bonds. The second kappa shape index (κ2) is 5.27. The van der Waals surface area contributed by atoms with Crippen molar-refractivity contribution in [3.05, 3.63) is 60.4 Å². The van der Waals surface area contributed by atoms with Gasteiger partial charge < -0.3 is 10.5 Å². The van der Waals surface area contributed by atoms with Crippen LogP contribution in [0, 0.1) is 0 Å². The van der Waals surface area contributed by atoms with Gasteiger partial charge in [-0.3, -0.25) is 4.98 Å². The summed E-state index contributed by atoms with van der Waals surface area (Å²) in [6.07, 6.45) is 3.51. The highest BCUT2D eigenvalue weighted by Crippen LogP contribution is 2.28. The molecule has 1 atom stereocenters. The lowest BCUT2D eigenvalue weighted by Gasteiger charge is -2.09. The fraction of sp³-hybridized carbons (Fsp3) is 0.125. The Balaban J connectivity index is 1.93. The van der Waals surface area contributed by atoms with Gasteiger partial charge in [0.1, 0.15) is 5.75 Å². The van der Waals surface area contributed by atoms with Crippen LogP contribution in [0.25, 0.3) is 10.9 Å². The zero-order chi connectivity index (χ0) is 13.9. The second-order valence-corrected chi connectivity index (χ2v) is 4.65. The Morgan fingerprint density at radius 3 is 2.70 bits per heavy atom. The van der Waals surface area contributed by atoms with Crippen LogP contribution >= 0.6 is 0 Å². The molecule has 0 aliphatic heterocycles. The van der Waals surface area contributed by atoms with Crippen LogP contribution < -0.4 is 10.5 Å². The van der Waals surface area contributed by atoms with Gasteiger partial charge in [0.15, 0.2) is 0 Å². The van der Waals surface area contributed by atoms with Crippen molar-refractivity contribution in [1.82, 2.24) is 9.97 Å². The second-order valence-electron chi connectivity index (χ2n) is 4.65. The van der Waals surface area contributed by atoms with Crippen LogP contribution in [0.15, 0.2) is 54.9 Å². The summed E-state index contributed by atoms with van der Waals surface area (Å²) in [7, 11) is 0. The molecule has 4 heteroatoms. The monoisotopic (exact) mass is 265 g/mol. The molecule has 4 nitrogen and oxygen atoms in total. The van der Waals surface area contributed by atoms with Crippen LogP contribution in [0.5, 0.6) is 11.6 Å². The maximum atomic E-state index is 5.83. The van der Waals surface area contributed by atoms with Crippen molar-refractivity contribution >= 4 is 10.9 Å². The van der Waals surface area contributed by atoms with Gasteiger partial charge in [-0.1, -0.05) is 12.1 Å². The lowest BCUT2D eigenvalue weighted by Crippen LogP contribution is -2.05. The Bertz CT molecular complexity index is 718. The lowest BCUT2D eigenvalue weighted by molar-refractivity contribution is 0.467. The quantitative estimate of drug-likeness (QED) is 0.788. The molecule has 0 spiro atoms. The first-order valence-corrected chi connectivity index (χ1v) is 6.47. The maximum Gasteiger partial charge on any atom is 0.219 e. The van der Waals surface area contributed by atoms with E-state index in [2.05, 4.69) is 9.97 Å². The number of ether oxygens (including phenoxy) is 1. The highest BCUT2D eigenvalue weighted by molar-refractivity contribution is 5.85. The molecule has 0 bridgehead atoms. The van der Waals surface area contributed by atoms with Crippen molar-refractivity contribution in [3.8, 4) is 11.6 Å². The summed E-state index contributed by atoms with van der Waals surface area (Å²) in [6.45, 7) is 1.92. The van der Waals surface area contributed by atoms with E-state index in [0.717, 1.165) is 22.2 Å². The van der Waals surface area contributed by atoms with Gasteiger partial charge in [0.2, 0.25) is 5.88 Å². The molecule has 3 rings (SSSR count). The fourth-order valence-corrected chi connectivity index (χ4v) is 2.00. The van der Waals surface area contributed by atoms with Gasteiger partial charge in [0.05, 0.1) is 5.52 Å². The molecule has 0 aliphatic carbocycles. The van der Waals surface area contributed by atoms with Gasteiger partial charge in [-0.25, -0.2) is 4.98 Å². The van der Waals surface area contributed by atoms with Gasteiger partial charge in [0, 0.05) is 29.9 Å². The van der Waals surface area contributed by atoms with E-state index in [1.54, 1.807) is 12.4 Å². The minimum Gasteiger partial charge on any atom is -0.438 e. The Kier molecular flexibility index (Phi) is 3.31. The summed E-state index contributed by atoms with van der Waals surface area (Å²) in [6, 6.07) is 13.4. The first-order chi connectivity index (χ1) is 9.74. The molecule has 2 heterocycles. The summed E-state index contributed by atoms with van der Waals surface area (Å²) in [5.74, 6) is 1.29. The third-order valence-electron chi connectivity index (χ3n) is 3.11. The number of nitrogens with two attached hydrogens (primary N) is 1. The van der Waals surface area contributed by atoms with E-state index >= 15 is 0 Å². The van der Waals surface area contributed by atoms with Gasteiger partial charge in [-0.2, -0.15) is 0 Å². The summed E-state index contributed by atoms with van der Waals surface area (Å²) in [5.41, 5.74) is 7.69. The Morgan fingerprint density at radius 2 is 1.95 bits per heavy atom. The fourth-order valence-electron chi connectivity index (χ4n) is 2.00. The van der Waals surface area contributed by atoms with Crippen molar-refractivity contribution in [1.29, 1.82) is 0 Å². The van der Waals surface area contributed by atoms with E-state index in [1.165, 1.54) is 0 Å². The summed E-state index contributed by atoms with van der Waals surface area (Å²) < 4.78 is 5.83. The zero-order valence-electron chi connectivity index (χ0n) is 11.2. The standard InChI is InChI=1S/C16H15N3O/c1-11(17)12-7-8-16(19-10-12)20-15-6-2-5-14-13(15)4-3-9-18-14/h2-11H,17H2,1H3/t11-/m1/s1. The minimum atomic E-state index is -0.0293. The molecule has 0 radical (unpaired) electrons. The number of nitrogens with zero attached hydrogens (tertiary/aromatic N) is 2.